The van der Waals surface area contributed by atoms with E-state index in [1.807, 2.05) is 0 Å². The molecule has 1 unspecified atom stereocenters. The number of sulfone groups is 1. The van der Waals surface area contributed by atoms with Gasteiger partial charge >= 0.3 is 0 Å². The highest BCUT2D eigenvalue weighted by molar-refractivity contribution is 7.94. The summed E-state index contributed by atoms with van der Waals surface area (Å²) in [7, 11) is -3.86. The van der Waals surface area contributed by atoms with E-state index in [1.165, 1.54) is 12.1 Å². The molecule has 10 nitrogen and oxygen atoms in total. The SMILES string of the molecule is O=NN1C(=O)C2(C(=O)N1N=O)C(c1ccccc1)=CS(=O)(=O)CC2c1ccccc1. The van der Waals surface area contributed by atoms with E-state index in [2.05, 4.69) is 10.6 Å². The number of benzene rings is 2. The summed E-state index contributed by atoms with van der Waals surface area (Å²) >= 11 is 0. The second kappa shape index (κ2) is 6.95. The maximum atomic E-state index is 13.4. The van der Waals surface area contributed by atoms with Gasteiger partial charge in [-0.1, -0.05) is 70.9 Å². The minimum atomic E-state index is -3.86. The minimum absolute atomic E-state index is 0.0417. The molecule has 0 N–H and O–H groups in total. The molecule has 1 spiro atoms. The number of rotatable bonds is 4. The van der Waals surface area contributed by atoms with Crippen LogP contribution in [-0.4, -0.2) is 36.2 Å². The Morgan fingerprint density at radius 1 is 0.833 bits per heavy atom. The maximum absolute atomic E-state index is 13.4. The van der Waals surface area contributed by atoms with Crippen LogP contribution in [0.5, 0.6) is 0 Å². The van der Waals surface area contributed by atoms with E-state index < -0.39 is 38.7 Å². The molecule has 30 heavy (non-hydrogen) atoms. The first-order chi connectivity index (χ1) is 14.4. The molecule has 0 saturated carbocycles. The van der Waals surface area contributed by atoms with E-state index in [0.717, 1.165) is 5.41 Å². The lowest BCUT2D eigenvalue weighted by molar-refractivity contribution is -0.147. The number of carbonyl (C=O) groups is 2. The Kier molecular flexibility index (Phi) is 4.54. The van der Waals surface area contributed by atoms with E-state index in [9.17, 15) is 27.8 Å². The summed E-state index contributed by atoms with van der Waals surface area (Å²) in [6, 6.07) is 16.1. The maximum Gasteiger partial charge on any atom is 0.288 e. The van der Waals surface area contributed by atoms with Gasteiger partial charge in [0.25, 0.3) is 11.8 Å². The van der Waals surface area contributed by atoms with Crippen molar-refractivity contribution in [2.24, 2.45) is 16.0 Å². The Morgan fingerprint density at radius 2 is 1.33 bits per heavy atom. The number of hydrogen-bond donors (Lipinski definition) is 0. The molecule has 0 bridgehead atoms. The molecular formula is C19H14N4O6S. The highest BCUT2D eigenvalue weighted by atomic mass is 32.2. The molecule has 2 aromatic carbocycles. The van der Waals surface area contributed by atoms with Gasteiger partial charge in [0.2, 0.25) is 0 Å². The van der Waals surface area contributed by atoms with Crippen LogP contribution in [0.4, 0.5) is 0 Å². The molecule has 1 atom stereocenters. The lowest BCUT2D eigenvalue weighted by atomic mass is 9.65. The molecule has 2 aliphatic rings. The Hall–Kier alpha value is -3.73. The van der Waals surface area contributed by atoms with E-state index >= 15 is 0 Å². The molecule has 2 amide bonds. The molecule has 1 saturated heterocycles. The molecule has 2 heterocycles. The molecular weight excluding hydrogens is 412 g/mol. The van der Waals surface area contributed by atoms with Crippen LogP contribution in [-0.2, 0) is 19.4 Å². The Morgan fingerprint density at radius 3 is 1.83 bits per heavy atom. The van der Waals surface area contributed by atoms with Gasteiger partial charge in [-0.2, -0.15) is 0 Å². The normalized spacial score (nSPS) is 22.1. The lowest BCUT2D eigenvalue weighted by Crippen LogP contribution is -2.47. The molecule has 4 rings (SSSR count). The van der Waals surface area contributed by atoms with Crippen molar-refractivity contribution in [2.75, 3.05) is 5.75 Å². The number of carbonyl (C=O) groups excluding carboxylic acids is 2. The third kappa shape index (κ3) is 2.66. The first kappa shape index (κ1) is 19.6. The predicted molar refractivity (Wildman–Crippen MR) is 105 cm³/mol. The van der Waals surface area contributed by atoms with Gasteiger partial charge in [-0.3, -0.25) is 9.59 Å². The fourth-order valence-corrected chi connectivity index (χ4v) is 5.75. The summed E-state index contributed by atoms with van der Waals surface area (Å²) in [5.41, 5.74) is -1.68. The first-order valence-corrected chi connectivity index (χ1v) is 10.5. The van der Waals surface area contributed by atoms with Crippen molar-refractivity contribution in [1.82, 2.24) is 10.2 Å². The van der Waals surface area contributed by atoms with Gasteiger partial charge in [0.05, 0.1) is 16.3 Å². The average molecular weight is 426 g/mol. The first-order valence-electron chi connectivity index (χ1n) is 8.77. The highest BCUT2D eigenvalue weighted by Gasteiger charge is 2.69. The smallest absolute Gasteiger partial charge is 0.269 e. The van der Waals surface area contributed by atoms with E-state index in [-0.39, 0.29) is 21.4 Å². The fourth-order valence-electron chi connectivity index (χ4n) is 4.06. The van der Waals surface area contributed by atoms with Crippen molar-refractivity contribution >= 4 is 27.2 Å². The van der Waals surface area contributed by atoms with Gasteiger partial charge in [-0.25, -0.2) is 8.42 Å². The van der Waals surface area contributed by atoms with Crippen molar-refractivity contribution in [3.05, 3.63) is 87.0 Å². The van der Waals surface area contributed by atoms with Crippen LogP contribution >= 0.6 is 0 Å². The summed E-state index contributed by atoms with van der Waals surface area (Å²) in [5.74, 6) is -4.06. The summed E-state index contributed by atoms with van der Waals surface area (Å²) in [4.78, 5) is 49.4. The third-order valence-electron chi connectivity index (χ3n) is 5.30. The lowest BCUT2D eigenvalue weighted by Gasteiger charge is -2.37. The minimum Gasteiger partial charge on any atom is -0.269 e. The van der Waals surface area contributed by atoms with Gasteiger partial charge < -0.3 is 0 Å². The van der Waals surface area contributed by atoms with Crippen LogP contribution in [0, 0.1) is 15.2 Å². The monoisotopic (exact) mass is 426 g/mol. The van der Waals surface area contributed by atoms with Crippen molar-refractivity contribution in [3.63, 3.8) is 0 Å². The predicted octanol–water partition coefficient (Wildman–Crippen LogP) is 2.17. The van der Waals surface area contributed by atoms with Gasteiger partial charge in [0.1, 0.15) is 0 Å². The summed E-state index contributed by atoms with van der Waals surface area (Å²) in [6.07, 6.45) is 0. The van der Waals surface area contributed by atoms with Crippen LogP contribution < -0.4 is 0 Å². The van der Waals surface area contributed by atoms with Crippen LogP contribution in [0.25, 0.3) is 5.57 Å². The number of nitrogens with zero attached hydrogens (tertiary/aromatic N) is 4. The van der Waals surface area contributed by atoms with E-state index in [4.69, 9.17) is 0 Å². The average Bonchev–Trinajstić information content (AvgIpc) is 2.97. The Balaban J connectivity index is 2.10. The zero-order valence-electron chi connectivity index (χ0n) is 15.3. The topological polar surface area (TPSA) is 134 Å². The number of hydrogen-bond acceptors (Lipinski definition) is 8. The number of amides is 2. The fraction of sp³-hybridized carbons (Fsp3) is 0.158. The van der Waals surface area contributed by atoms with Crippen molar-refractivity contribution in [3.8, 4) is 0 Å². The molecule has 2 aliphatic heterocycles. The number of hydrazine groups is 1. The van der Waals surface area contributed by atoms with E-state index in [0.29, 0.717) is 5.56 Å². The Bertz CT molecular complexity index is 1150. The zero-order chi connectivity index (χ0) is 21.5. The van der Waals surface area contributed by atoms with Crippen molar-refractivity contribution < 1.29 is 18.0 Å². The van der Waals surface area contributed by atoms with E-state index in [1.54, 1.807) is 48.5 Å². The molecule has 152 valence electrons. The standard InChI is InChI=1S/C19H14N4O6S/c24-17-19(18(25)23(21-27)22(17)20-26)15(13-7-3-1-4-8-13)11-30(28,29)12-16(19)14-9-5-2-6-10-14/h1-11,16H,12H2. The second-order valence-corrected chi connectivity index (χ2v) is 8.75. The van der Waals surface area contributed by atoms with Gasteiger partial charge in [0, 0.05) is 11.3 Å². The van der Waals surface area contributed by atoms with Gasteiger partial charge in [-0.15, -0.1) is 9.81 Å². The van der Waals surface area contributed by atoms with Crippen molar-refractivity contribution in [1.29, 1.82) is 0 Å². The summed E-state index contributed by atoms with van der Waals surface area (Å²) < 4.78 is 25.6. The second-order valence-electron chi connectivity index (χ2n) is 6.85. The molecule has 2 aromatic rings. The Labute approximate surface area is 170 Å². The highest BCUT2D eigenvalue weighted by Crippen LogP contribution is 2.55. The molecule has 0 aromatic heterocycles. The van der Waals surface area contributed by atoms with Gasteiger partial charge in [-0.05, 0) is 16.7 Å². The van der Waals surface area contributed by atoms with Crippen LogP contribution in [0.3, 0.4) is 0 Å². The zero-order valence-corrected chi connectivity index (χ0v) is 16.1. The molecule has 11 heteroatoms. The van der Waals surface area contributed by atoms with Crippen LogP contribution in [0.1, 0.15) is 17.0 Å². The summed E-state index contributed by atoms with van der Waals surface area (Å²) in [6.45, 7) is 0. The molecule has 0 radical (unpaired) electrons. The quantitative estimate of drug-likeness (QED) is 0.543. The molecule has 1 fully saturated rings. The molecule has 0 aliphatic carbocycles. The third-order valence-corrected chi connectivity index (χ3v) is 6.70. The largest absolute Gasteiger partial charge is 0.288 e. The van der Waals surface area contributed by atoms with Crippen LogP contribution in [0.2, 0.25) is 0 Å². The number of nitroso groups, excluding NO2 is 2. The van der Waals surface area contributed by atoms with Crippen LogP contribution in [0.15, 0.2) is 76.6 Å². The summed E-state index contributed by atoms with van der Waals surface area (Å²) in [5, 5.41) is 5.90. The van der Waals surface area contributed by atoms with Gasteiger partial charge in [0.15, 0.2) is 15.3 Å². The van der Waals surface area contributed by atoms with Crippen molar-refractivity contribution in [2.45, 2.75) is 5.92 Å².